The van der Waals surface area contributed by atoms with Crippen LogP contribution in [0.2, 0.25) is 0 Å². The van der Waals surface area contributed by atoms with Gasteiger partial charge in [0.2, 0.25) is 11.8 Å². The maximum atomic E-state index is 13.6. The number of halogens is 2. The number of alkyl halides is 2. The summed E-state index contributed by atoms with van der Waals surface area (Å²) in [6.07, 6.45) is -2.52. The van der Waals surface area contributed by atoms with E-state index in [0.717, 1.165) is 6.07 Å². The zero-order chi connectivity index (χ0) is 21.6. The molecule has 3 amide bonds. The average molecular weight is 411 g/mol. The number of carbonyl (C=O) groups excluding carboxylic acids is 3. The fourth-order valence-electron chi connectivity index (χ4n) is 3.75. The molecule has 0 aliphatic carbocycles. The summed E-state index contributed by atoms with van der Waals surface area (Å²) in [5.74, 6) is -1.45. The van der Waals surface area contributed by atoms with Crippen molar-refractivity contribution in [1.29, 1.82) is 5.26 Å². The second-order valence-corrected chi connectivity index (χ2v) is 7.04. The highest BCUT2D eigenvalue weighted by Gasteiger charge is 2.39. The van der Waals surface area contributed by atoms with Crippen LogP contribution in [0, 0.1) is 11.3 Å². The van der Waals surface area contributed by atoms with Crippen molar-refractivity contribution >= 4 is 23.5 Å². The minimum Gasteiger partial charge on any atom is -0.383 e. The molecule has 1 fully saturated rings. The molecule has 2 aliphatic heterocycles. The summed E-state index contributed by atoms with van der Waals surface area (Å²) in [6, 6.07) is 6.49. The molecule has 152 valence electrons. The summed E-state index contributed by atoms with van der Waals surface area (Å²) in [5.41, 5.74) is 6.27. The quantitative estimate of drug-likeness (QED) is 0.742. The molecule has 1 aromatic heterocycles. The predicted octanol–water partition coefficient (Wildman–Crippen LogP) is 1.90. The van der Waals surface area contributed by atoms with Gasteiger partial charge in [-0.1, -0.05) is 6.07 Å². The van der Waals surface area contributed by atoms with Crippen LogP contribution in [0.4, 0.5) is 14.6 Å². The zero-order valence-corrected chi connectivity index (χ0v) is 15.5. The second kappa shape index (κ2) is 7.18. The number of pyridine rings is 1. The number of benzene rings is 1. The maximum absolute atomic E-state index is 13.6. The van der Waals surface area contributed by atoms with Crippen LogP contribution in [0.25, 0.3) is 11.3 Å². The third kappa shape index (κ3) is 3.14. The Labute approximate surface area is 169 Å². The Balaban J connectivity index is 1.71. The number of nitrogens with one attached hydrogen (secondary N) is 1. The smallest absolute Gasteiger partial charge is 0.265 e. The Morgan fingerprint density at radius 3 is 2.70 bits per heavy atom. The number of nitriles is 1. The minimum atomic E-state index is -2.88. The summed E-state index contributed by atoms with van der Waals surface area (Å²) in [6.45, 7) is 0.101. The number of carbonyl (C=O) groups is 3. The van der Waals surface area contributed by atoms with Crippen LogP contribution in [0.1, 0.15) is 46.3 Å². The summed E-state index contributed by atoms with van der Waals surface area (Å²) in [5, 5.41) is 11.2. The average Bonchev–Trinajstić information content (AvgIpc) is 3.03. The Morgan fingerprint density at radius 2 is 2.03 bits per heavy atom. The molecule has 3 heterocycles. The minimum absolute atomic E-state index is 0.0730. The molecule has 0 spiro atoms. The predicted molar refractivity (Wildman–Crippen MR) is 99.8 cm³/mol. The molecule has 30 heavy (non-hydrogen) atoms. The molecule has 1 aromatic carbocycles. The lowest BCUT2D eigenvalue weighted by molar-refractivity contribution is -0.136. The van der Waals surface area contributed by atoms with Gasteiger partial charge >= 0.3 is 0 Å². The van der Waals surface area contributed by atoms with Crippen LogP contribution in [0.3, 0.4) is 0 Å². The van der Waals surface area contributed by atoms with Crippen molar-refractivity contribution in [1.82, 2.24) is 15.2 Å². The van der Waals surface area contributed by atoms with Gasteiger partial charge in [-0.2, -0.15) is 5.26 Å². The number of amides is 3. The van der Waals surface area contributed by atoms with Crippen molar-refractivity contribution < 1.29 is 23.2 Å². The van der Waals surface area contributed by atoms with Gasteiger partial charge in [0.25, 0.3) is 12.3 Å². The number of nitrogen functional groups attached to an aromatic ring is 1. The number of piperidine rings is 1. The molecule has 1 atom stereocenters. The van der Waals surface area contributed by atoms with Crippen LogP contribution >= 0.6 is 0 Å². The van der Waals surface area contributed by atoms with Crippen LogP contribution < -0.4 is 11.1 Å². The number of hydrogen-bond donors (Lipinski definition) is 2. The van der Waals surface area contributed by atoms with E-state index in [1.807, 2.05) is 0 Å². The summed E-state index contributed by atoms with van der Waals surface area (Å²) < 4.78 is 27.1. The van der Waals surface area contributed by atoms with Gasteiger partial charge in [0.05, 0.1) is 11.3 Å². The van der Waals surface area contributed by atoms with Gasteiger partial charge in [0, 0.05) is 29.7 Å². The highest BCUT2D eigenvalue weighted by molar-refractivity contribution is 6.05. The first-order valence-corrected chi connectivity index (χ1v) is 9.06. The van der Waals surface area contributed by atoms with Crippen LogP contribution in [-0.4, -0.2) is 33.6 Å². The van der Waals surface area contributed by atoms with Gasteiger partial charge in [-0.05, 0) is 30.2 Å². The van der Waals surface area contributed by atoms with E-state index in [-0.39, 0.29) is 48.3 Å². The lowest BCUT2D eigenvalue weighted by atomic mass is 10.00. The fourth-order valence-corrected chi connectivity index (χ4v) is 3.75. The number of nitrogens with two attached hydrogens (primary N) is 1. The Kier molecular flexibility index (Phi) is 4.66. The monoisotopic (exact) mass is 411 g/mol. The van der Waals surface area contributed by atoms with Gasteiger partial charge in [0.15, 0.2) is 0 Å². The molecule has 2 aliphatic rings. The molecule has 0 saturated carbocycles. The number of aromatic nitrogens is 1. The topological polar surface area (TPSA) is 129 Å². The van der Waals surface area contributed by atoms with Crippen LogP contribution in [0.5, 0.6) is 0 Å². The standard InChI is InChI=1S/C20H15F2N5O3/c21-17(22)13-6-10(7-23)18(24)26-16(13)9-1-2-12-11(5-9)8-27(20(12)30)14-3-4-15(28)25-19(14)29/h1-2,5-6,14,17H,3-4,8H2,(H2,24,26)(H,25,28,29). The summed E-state index contributed by atoms with van der Waals surface area (Å²) in [7, 11) is 0. The van der Waals surface area contributed by atoms with E-state index in [9.17, 15) is 23.2 Å². The first-order valence-electron chi connectivity index (χ1n) is 9.06. The first kappa shape index (κ1) is 19.4. The van der Waals surface area contributed by atoms with Crippen LogP contribution in [-0.2, 0) is 16.1 Å². The number of anilines is 1. The largest absolute Gasteiger partial charge is 0.383 e. The second-order valence-electron chi connectivity index (χ2n) is 7.04. The molecule has 0 bridgehead atoms. The summed E-state index contributed by atoms with van der Waals surface area (Å²) in [4.78, 5) is 41.6. The molecule has 2 aromatic rings. The molecular formula is C20H15F2N5O3. The first-order chi connectivity index (χ1) is 14.3. The normalized spacial score (nSPS) is 18.4. The van der Waals surface area contributed by atoms with E-state index in [1.54, 1.807) is 12.1 Å². The molecule has 4 rings (SSSR count). The fraction of sp³-hybridized carbons (Fsp3) is 0.250. The lowest BCUT2D eigenvalue weighted by Crippen LogP contribution is -2.52. The number of fused-ring (bicyclic) bond motifs is 1. The van der Waals surface area contributed by atoms with E-state index >= 15 is 0 Å². The SMILES string of the molecule is N#Cc1cc(C(F)F)c(-c2ccc3c(c2)CN(C2CCC(=O)NC2=O)C3=O)nc1N. The highest BCUT2D eigenvalue weighted by Crippen LogP contribution is 2.35. The zero-order valence-electron chi connectivity index (χ0n) is 15.5. The Bertz CT molecular complexity index is 1140. The molecule has 1 unspecified atom stereocenters. The molecule has 1 saturated heterocycles. The number of rotatable bonds is 3. The van der Waals surface area contributed by atoms with E-state index in [4.69, 9.17) is 11.0 Å². The van der Waals surface area contributed by atoms with Gasteiger partial charge in [-0.3, -0.25) is 19.7 Å². The highest BCUT2D eigenvalue weighted by atomic mass is 19.3. The molecule has 10 heteroatoms. The van der Waals surface area contributed by atoms with Gasteiger partial charge in [0.1, 0.15) is 17.9 Å². The molecule has 3 N–H and O–H groups in total. The molecule has 8 nitrogen and oxygen atoms in total. The van der Waals surface area contributed by atoms with Crippen molar-refractivity contribution in [3.63, 3.8) is 0 Å². The van der Waals surface area contributed by atoms with Gasteiger partial charge < -0.3 is 10.6 Å². The Morgan fingerprint density at radius 1 is 1.27 bits per heavy atom. The lowest BCUT2D eigenvalue weighted by Gasteiger charge is -2.29. The third-order valence-electron chi connectivity index (χ3n) is 5.23. The van der Waals surface area contributed by atoms with Gasteiger partial charge in [-0.25, -0.2) is 13.8 Å². The Hall–Kier alpha value is -3.87. The van der Waals surface area contributed by atoms with E-state index < -0.39 is 23.9 Å². The van der Waals surface area contributed by atoms with E-state index in [1.165, 1.54) is 17.0 Å². The maximum Gasteiger partial charge on any atom is 0.265 e. The van der Waals surface area contributed by atoms with Crippen molar-refractivity contribution in [2.45, 2.75) is 31.9 Å². The molecule has 0 radical (unpaired) electrons. The number of nitrogens with zero attached hydrogens (tertiary/aromatic N) is 3. The van der Waals surface area contributed by atoms with Crippen molar-refractivity contribution in [2.24, 2.45) is 0 Å². The van der Waals surface area contributed by atoms with Gasteiger partial charge in [-0.15, -0.1) is 0 Å². The number of hydrogen-bond acceptors (Lipinski definition) is 6. The van der Waals surface area contributed by atoms with Crippen molar-refractivity contribution in [3.05, 3.63) is 46.5 Å². The van der Waals surface area contributed by atoms with Crippen LogP contribution in [0.15, 0.2) is 24.3 Å². The van der Waals surface area contributed by atoms with Crippen molar-refractivity contribution in [2.75, 3.05) is 5.73 Å². The molecular weight excluding hydrogens is 396 g/mol. The van der Waals surface area contributed by atoms with E-state index in [0.29, 0.717) is 16.7 Å². The van der Waals surface area contributed by atoms with Crippen molar-refractivity contribution in [3.8, 4) is 17.3 Å². The summed E-state index contributed by atoms with van der Waals surface area (Å²) >= 11 is 0. The third-order valence-corrected chi connectivity index (χ3v) is 5.23. The van der Waals surface area contributed by atoms with E-state index in [2.05, 4.69) is 10.3 Å². The number of imide groups is 1.